The second-order valence-corrected chi connectivity index (χ2v) is 9.49. The van der Waals surface area contributed by atoms with Crippen LogP contribution in [0.3, 0.4) is 0 Å². The van der Waals surface area contributed by atoms with Gasteiger partial charge in [0.05, 0.1) is 6.61 Å². The Morgan fingerprint density at radius 3 is 2.28 bits per heavy atom. The van der Waals surface area contributed by atoms with E-state index >= 15 is 0 Å². The van der Waals surface area contributed by atoms with E-state index in [1.54, 1.807) is 0 Å². The number of para-hydroxylation sites is 1. The molecule has 3 aromatic rings. The first-order valence-corrected chi connectivity index (χ1v) is 10.5. The number of hydrogen-bond acceptors (Lipinski definition) is 3. The van der Waals surface area contributed by atoms with Gasteiger partial charge in [0.1, 0.15) is 11.3 Å². The van der Waals surface area contributed by atoms with Crippen molar-refractivity contribution in [2.24, 2.45) is 0 Å². The fourth-order valence-corrected chi connectivity index (χ4v) is 4.53. The molecule has 0 spiro atoms. The topological polar surface area (TPSA) is 39.4 Å². The molecule has 0 aliphatic heterocycles. The van der Waals surface area contributed by atoms with Crippen molar-refractivity contribution in [3.8, 4) is 16.9 Å². The van der Waals surface area contributed by atoms with Crippen molar-refractivity contribution in [2.45, 2.75) is 65.2 Å². The maximum atomic E-state index is 11.9. The van der Waals surface area contributed by atoms with Gasteiger partial charge in [0.25, 0.3) is 0 Å². The first-order chi connectivity index (χ1) is 13.6. The highest BCUT2D eigenvalue weighted by molar-refractivity contribution is 6.00. The first kappa shape index (κ1) is 19.8. The Bertz CT molecular complexity index is 1100. The normalized spacial score (nSPS) is 17.2. The zero-order valence-corrected chi connectivity index (χ0v) is 18.3. The summed E-state index contributed by atoms with van der Waals surface area (Å²) in [7, 11) is 0. The molecule has 1 aliphatic carbocycles. The van der Waals surface area contributed by atoms with Crippen LogP contribution in [0, 0.1) is 0 Å². The van der Waals surface area contributed by atoms with Crippen LogP contribution in [0.5, 0.6) is 5.75 Å². The third kappa shape index (κ3) is 3.27. The fraction of sp³-hybridized carbons (Fsp3) is 0.423. The van der Waals surface area contributed by atoms with Gasteiger partial charge in [0.2, 0.25) is 0 Å². The van der Waals surface area contributed by atoms with Gasteiger partial charge in [-0.1, -0.05) is 45.9 Å². The van der Waals surface area contributed by atoms with Crippen molar-refractivity contribution in [3.05, 3.63) is 53.3 Å². The minimum absolute atomic E-state index is 0.0643. The molecule has 0 bridgehead atoms. The Balaban J connectivity index is 2.02. The van der Waals surface area contributed by atoms with E-state index in [0.29, 0.717) is 12.4 Å². The fourth-order valence-electron chi connectivity index (χ4n) is 4.53. The highest BCUT2D eigenvalue weighted by Gasteiger charge is 2.38. The Labute approximate surface area is 173 Å². The largest absolute Gasteiger partial charge is 0.493 e. The van der Waals surface area contributed by atoms with Gasteiger partial charge in [-0.3, -0.25) is 4.79 Å². The van der Waals surface area contributed by atoms with Gasteiger partial charge < -0.3 is 9.15 Å². The lowest BCUT2D eigenvalue weighted by molar-refractivity contribution is 0.0989. The summed E-state index contributed by atoms with van der Waals surface area (Å²) in [6.45, 7) is 13.4. The molecule has 0 N–H and O–H groups in total. The van der Waals surface area contributed by atoms with Crippen molar-refractivity contribution in [2.75, 3.05) is 6.61 Å². The number of Topliss-reactive ketones (excluding diaryl/α,β-unsaturated/α-hetero) is 1. The number of rotatable bonds is 4. The molecular weight excluding hydrogens is 360 g/mol. The summed E-state index contributed by atoms with van der Waals surface area (Å²) in [5, 5.41) is 0.937. The van der Waals surface area contributed by atoms with Gasteiger partial charge in [-0.25, -0.2) is 0 Å². The van der Waals surface area contributed by atoms with Crippen molar-refractivity contribution in [1.29, 1.82) is 0 Å². The molecule has 152 valence electrons. The molecule has 0 amide bonds. The summed E-state index contributed by atoms with van der Waals surface area (Å²) in [5.74, 6) is 1.21. The number of carbonyl (C=O) groups excluding carboxylic acids is 1. The molecule has 1 aromatic heterocycles. The quantitative estimate of drug-likeness (QED) is 0.448. The molecular formula is C26H30O3. The second kappa shape index (κ2) is 6.76. The summed E-state index contributed by atoms with van der Waals surface area (Å²) in [4.78, 5) is 11.9. The van der Waals surface area contributed by atoms with Crippen LogP contribution in [-0.4, -0.2) is 12.4 Å². The lowest BCUT2D eigenvalue weighted by atomic mass is 9.62. The molecule has 0 radical (unpaired) electrons. The van der Waals surface area contributed by atoms with Gasteiger partial charge >= 0.3 is 0 Å². The van der Waals surface area contributed by atoms with E-state index in [2.05, 4.69) is 45.9 Å². The van der Waals surface area contributed by atoms with Crippen LogP contribution < -0.4 is 4.74 Å². The summed E-state index contributed by atoms with van der Waals surface area (Å²) < 4.78 is 12.1. The molecule has 0 fully saturated rings. The molecule has 0 saturated heterocycles. The molecule has 0 atom stereocenters. The average Bonchev–Trinajstić information content (AvgIpc) is 3.10. The van der Waals surface area contributed by atoms with E-state index in [9.17, 15) is 4.79 Å². The van der Waals surface area contributed by atoms with Crippen LogP contribution in [0.25, 0.3) is 22.1 Å². The summed E-state index contributed by atoms with van der Waals surface area (Å²) in [5.41, 5.74) is 5.72. The monoisotopic (exact) mass is 390 g/mol. The Morgan fingerprint density at radius 2 is 1.66 bits per heavy atom. The highest BCUT2D eigenvalue weighted by atomic mass is 16.5. The van der Waals surface area contributed by atoms with E-state index in [-0.39, 0.29) is 16.6 Å². The Hall–Kier alpha value is -2.55. The lowest BCUT2D eigenvalue weighted by Gasteiger charge is -2.42. The van der Waals surface area contributed by atoms with Gasteiger partial charge in [-0.15, -0.1) is 0 Å². The Kier molecular flexibility index (Phi) is 4.60. The van der Waals surface area contributed by atoms with Crippen LogP contribution in [0.15, 0.2) is 40.8 Å². The van der Waals surface area contributed by atoms with Gasteiger partial charge in [0.15, 0.2) is 11.5 Å². The standard InChI is InChI=1S/C26H30O3/c1-7-28-23-15-21-20(25(3,4)11-12-26(21,5)6)14-19(23)18-10-8-9-17-13-22(16(2)27)29-24(17)18/h8-10,13-15H,7,11-12H2,1-6H3. The van der Waals surface area contributed by atoms with Crippen LogP contribution in [-0.2, 0) is 10.8 Å². The summed E-state index contributed by atoms with van der Waals surface area (Å²) >= 11 is 0. The molecule has 2 aromatic carbocycles. The third-order valence-corrected chi connectivity index (χ3v) is 6.43. The third-order valence-electron chi connectivity index (χ3n) is 6.43. The van der Waals surface area contributed by atoms with Crippen molar-refractivity contribution in [1.82, 2.24) is 0 Å². The second-order valence-electron chi connectivity index (χ2n) is 9.49. The molecule has 3 heteroatoms. The van der Waals surface area contributed by atoms with Gasteiger partial charge in [-0.2, -0.15) is 0 Å². The van der Waals surface area contributed by atoms with Crippen LogP contribution in [0.2, 0.25) is 0 Å². The minimum Gasteiger partial charge on any atom is -0.493 e. The summed E-state index contributed by atoms with van der Waals surface area (Å²) in [6.07, 6.45) is 2.31. The predicted molar refractivity (Wildman–Crippen MR) is 118 cm³/mol. The Morgan fingerprint density at radius 1 is 1.00 bits per heavy atom. The number of hydrogen-bond donors (Lipinski definition) is 0. The van der Waals surface area contributed by atoms with E-state index in [0.717, 1.165) is 40.7 Å². The van der Waals surface area contributed by atoms with Crippen LogP contribution >= 0.6 is 0 Å². The van der Waals surface area contributed by atoms with E-state index in [1.165, 1.54) is 18.1 Å². The van der Waals surface area contributed by atoms with Crippen LogP contribution in [0.4, 0.5) is 0 Å². The van der Waals surface area contributed by atoms with Gasteiger partial charge in [-0.05, 0) is 59.9 Å². The number of furan rings is 1. The number of benzene rings is 2. The lowest BCUT2D eigenvalue weighted by Crippen LogP contribution is -2.33. The van der Waals surface area contributed by atoms with Crippen molar-refractivity contribution in [3.63, 3.8) is 0 Å². The maximum Gasteiger partial charge on any atom is 0.194 e. The van der Waals surface area contributed by atoms with Crippen molar-refractivity contribution >= 4 is 16.8 Å². The average molecular weight is 391 g/mol. The van der Waals surface area contributed by atoms with Crippen molar-refractivity contribution < 1.29 is 13.9 Å². The predicted octanol–water partition coefficient (Wildman–Crippen LogP) is 7.05. The molecule has 1 aliphatic rings. The number of ketones is 1. The van der Waals surface area contributed by atoms with E-state index in [4.69, 9.17) is 9.15 Å². The van der Waals surface area contributed by atoms with E-state index < -0.39 is 0 Å². The number of ether oxygens (including phenoxy) is 1. The first-order valence-electron chi connectivity index (χ1n) is 10.5. The zero-order valence-electron chi connectivity index (χ0n) is 18.3. The smallest absolute Gasteiger partial charge is 0.194 e. The van der Waals surface area contributed by atoms with E-state index in [1.807, 2.05) is 25.1 Å². The zero-order chi connectivity index (χ0) is 21.0. The number of carbonyl (C=O) groups is 1. The highest BCUT2D eigenvalue weighted by Crippen LogP contribution is 2.50. The molecule has 29 heavy (non-hydrogen) atoms. The maximum absolute atomic E-state index is 11.9. The number of fused-ring (bicyclic) bond motifs is 2. The molecule has 4 rings (SSSR count). The summed E-state index contributed by atoms with van der Waals surface area (Å²) in [6, 6.07) is 12.4. The molecule has 3 nitrogen and oxygen atoms in total. The molecule has 0 unspecified atom stereocenters. The minimum atomic E-state index is -0.0643. The SMILES string of the molecule is CCOc1cc2c(cc1-c1cccc3cc(C(C)=O)oc13)C(C)(C)CCC2(C)C. The molecule has 1 heterocycles. The van der Waals surface area contributed by atoms with Gasteiger partial charge in [0, 0.05) is 23.4 Å². The van der Waals surface area contributed by atoms with Crippen LogP contribution in [0.1, 0.15) is 76.1 Å². The molecule has 0 saturated carbocycles.